The van der Waals surface area contributed by atoms with Gasteiger partial charge in [0.25, 0.3) is 0 Å². The van der Waals surface area contributed by atoms with Crippen molar-refractivity contribution in [2.75, 3.05) is 7.11 Å². The fourth-order valence-corrected chi connectivity index (χ4v) is 2.62. The first-order chi connectivity index (χ1) is 9.02. The van der Waals surface area contributed by atoms with E-state index in [1.165, 1.54) is 25.3 Å². The molecule has 2 nitrogen and oxygen atoms in total. The van der Waals surface area contributed by atoms with Gasteiger partial charge in [0.1, 0.15) is 11.6 Å². The number of ether oxygens (including phenoxy) is 1. The van der Waals surface area contributed by atoms with Crippen LogP contribution in [0.15, 0.2) is 40.9 Å². The molecule has 0 unspecified atom stereocenters. The number of rotatable bonds is 3. The van der Waals surface area contributed by atoms with Crippen LogP contribution in [0.5, 0.6) is 5.75 Å². The van der Waals surface area contributed by atoms with Crippen LogP contribution in [0.4, 0.5) is 4.39 Å². The molecule has 2 rings (SSSR count). The van der Waals surface area contributed by atoms with E-state index in [0.29, 0.717) is 11.3 Å². The second kappa shape index (κ2) is 6.00. The Bertz CT molecular complexity index is 643. The molecule has 0 heterocycles. The normalized spacial score (nSPS) is 10.3. The average Bonchev–Trinajstić information content (AvgIpc) is 2.40. The minimum absolute atomic E-state index is 0.221. The molecule has 0 N–H and O–H groups in total. The van der Waals surface area contributed by atoms with Gasteiger partial charge in [-0.15, -0.1) is 0 Å². The molecular formula is C14H9BrFIO2. The number of benzene rings is 2. The van der Waals surface area contributed by atoms with Gasteiger partial charge >= 0.3 is 0 Å². The third-order valence-electron chi connectivity index (χ3n) is 2.58. The Morgan fingerprint density at radius 1 is 1.21 bits per heavy atom. The molecule has 0 amide bonds. The molecule has 5 heteroatoms. The van der Waals surface area contributed by atoms with Crippen molar-refractivity contribution in [3.8, 4) is 5.75 Å². The summed E-state index contributed by atoms with van der Waals surface area (Å²) in [5.74, 6) is -0.363. The molecule has 0 atom stereocenters. The predicted octanol–water partition coefficient (Wildman–Crippen LogP) is 4.43. The van der Waals surface area contributed by atoms with Crippen molar-refractivity contribution in [2.45, 2.75) is 0 Å². The summed E-state index contributed by atoms with van der Waals surface area (Å²) in [7, 11) is 1.45. The first kappa shape index (κ1) is 14.5. The van der Waals surface area contributed by atoms with Crippen molar-refractivity contribution < 1.29 is 13.9 Å². The molecule has 0 aliphatic heterocycles. The van der Waals surface area contributed by atoms with E-state index in [1.807, 2.05) is 12.1 Å². The third-order valence-corrected chi connectivity index (χ3v) is 4.01. The van der Waals surface area contributed by atoms with Gasteiger partial charge in [-0.25, -0.2) is 4.39 Å². The van der Waals surface area contributed by atoms with Gasteiger partial charge in [-0.3, -0.25) is 4.79 Å². The Labute approximate surface area is 132 Å². The van der Waals surface area contributed by atoms with Crippen LogP contribution < -0.4 is 4.74 Å². The highest BCUT2D eigenvalue weighted by Gasteiger charge is 2.18. The Balaban J connectivity index is 2.55. The van der Waals surface area contributed by atoms with Gasteiger partial charge in [-0.05, 0) is 59.0 Å². The van der Waals surface area contributed by atoms with Crippen LogP contribution in [0.25, 0.3) is 0 Å². The third kappa shape index (κ3) is 3.14. The maximum atomic E-state index is 13.3. The van der Waals surface area contributed by atoms with E-state index in [2.05, 4.69) is 38.5 Å². The number of carbonyl (C=O) groups excluding carboxylic acids is 1. The molecule has 0 aliphatic carbocycles. The van der Waals surface area contributed by atoms with E-state index in [1.54, 1.807) is 6.07 Å². The molecule has 0 spiro atoms. The molecule has 0 aromatic heterocycles. The summed E-state index contributed by atoms with van der Waals surface area (Å²) in [5.41, 5.74) is 0.734. The molecule has 98 valence electrons. The van der Waals surface area contributed by atoms with Gasteiger partial charge in [-0.1, -0.05) is 15.9 Å². The van der Waals surface area contributed by atoms with E-state index in [-0.39, 0.29) is 11.3 Å². The molecule has 19 heavy (non-hydrogen) atoms. The largest absolute Gasteiger partial charge is 0.496 e. The second-order valence-electron chi connectivity index (χ2n) is 3.80. The standard InChI is InChI=1S/C14H9BrFIO2/c1-19-13-5-3-9(16)7-11(13)14(18)10-6-8(15)2-4-12(10)17/h2-7H,1H3. The summed E-state index contributed by atoms with van der Waals surface area (Å²) in [6.45, 7) is 0. The molecule has 0 radical (unpaired) electrons. The summed E-state index contributed by atoms with van der Waals surface area (Å²) < 4.78 is 20.0. The van der Waals surface area contributed by atoms with Crippen LogP contribution in [0.1, 0.15) is 15.9 Å². The lowest BCUT2D eigenvalue weighted by Crippen LogP contribution is -2.06. The van der Waals surface area contributed by atoms with Gasteiger partial charge in [0.2, 0.25) is 0 Å². The maximum Gasteiger partial charge on any atom is 0.197 e. The van der Waals surface area contributed by atoms with Crippen molar-refractivity contribution in [3.63, 3.8) is 0 Å². The summed E-state index contributed by atoms with van der Waals surface area (Å²) in [4.78, 5) is 12.5. The fraction of sp³-hybridized carbons (Fsp3) is 0.0714. The van der Waals surface area contributed by atoms with Crippen molar-refractivity contribution in [3.05, 3.63) is 61.4 Å². The topological polar surface area (TPSA) is 26.3 Å². The molecular weight excluding hydrogens is 426 g/mol. The highest BCUT2D eigenvalue weighted by atomic mass is 127. The molecule has 2 aromatic carbocycles. The molecule has 0 aliphatic rings. The first-order valence-corrected chi connectivity index (χ1v) is 7.23. The van der Waals surface area contributed by atoms with E-state index < -0.39 is 5.82 Å². The summed E-state index contributed by atoms with van der Waals surface area (Å²) in [6.07, 6.45) is 0. The van der Waals surface area contributed by atoms with E-state index in [0.717, 1.165) is 8.04 Å². The number of hydrogen-bond acceptors (Lipinski definition) is 2. The van der Waals surface area contributed by atoms with Crippen LogP contribution in [-0.2, 0) is 0 Å². The number of carbonyl (C=O) groups is 1. The summed E-state index contributed by atoms with van der Waals surface area (Å²) >= 11 is 5.40. The highest BCUT2D eigenvalue weighted by molar-refractivity contribution is 14.1. The summed E-state index contributed by atoms with van der Waals surface area (Å²) in [6, 6.07) is 9.30. The Morgan fingerprint density at radius 3 is 2.63 bits per heavy atom. The number of ketones is 1. The Kier molecular flexibility index (Phi) is 4.57. The second-order valence-corrected chi connectivity index (χ2v) is 5.88. The minimum atomic E-state index is -0.464. The lowest BCUT2D eigenvalue weighted by Gasteiger charge is -2.09. The van der Waals surface area contributed by atoms with Gasteiger partial charge in [0.05, 0.1) is 12.7 Å². The fourth-order valence-electron chi connectivity index (χ4n) is 1.67. The first-order valence-electron chi connectivity index (χ1n) is 5.36. The zero-order chi connectivity index (χ0) is 14.0. The van der Waals surface area contributed by atoms with Gasteiger partial charge in [0.15, 0.2) is 5.78 Å². The molecule has 0 fully saturated rings. The van der Waals surface area contributed by atoms with E-state index in [9.17, 15) is 9.18 Å². The van der Waals surface area contributed by atoms with Crippen LogP contribution in [-0.4, -0.2) is 12.9 Å². The van der Waals surface area contributed by atoms with Crippen LogP contribution in [0.2, 0.25) is 0 Å². The molecule has 0 saturated heterocycles. The molecule has 0 saturated carbocycles. The zero-order valence-electron chi connectivity index (χ0n) is 9.91. The summed E-state index contributed by atoms with van der Waals surface area (Å²) in [5, 5.41) is 0. The van der Waals surface area contributed by atoms with Crippen LogP contribution >= 0.6 is 38.5 Å². The highest BCUT2D eigenvalue weighted by Crippen LogP contribution is 2.26. The predicted molar refractivity (Wildman–Crippen MR) is 83.2 cm³/mol. The number of halogens is 3. The average molecular weight is 435 g/mol. The van der Waals surface area contributed by atoms with Gasteiger partial charge < -0.3 is 4.74 Å². The van der Waals surface area contributed by atoms with Gasteiger partial charge in [0, 0.05) is 13.6 Å². The van der Waals surface area contributed by atoms with Crippen molar-refractivity contribution in [2.24, 2.45) is 0 Å². The van der Waals surface area contributed by atoms with E-state index >= 15 is 0 Å². The number of hydrogen-bond donors (Lipinski definition) is 0. The lowest BCUT2D eigenvalue weighted by atomic mass is 10.0. The monoisotopic (exact) mass is 434 g/mol. The quantitative estimate of drug-likeness (QED) is 0.527. The van der Waals surface area contributed by atoms with Crippen LogP contribution in [0.3, 0.4) is 0 Å². The Hall–Kier alpha value is -0.950. The SMILES string of the molecule is COc1ccc(F)cc1C(=O)c1cc(Br)ccc1I. The minimum Gasteiger partial charge on any atom is -0.496 e. The molecule has 2 aromatic rings. The number of methoxy groups -OCH3 is 1. The van der Waals surface area contributed by atoms with Crippen molar-refractivity contribution in [1.29, 1.82) is 0 Å². The van der Waals surface area contributed by atoms with E-state index in [4.69, 9.17) is 4.74 Å². The maximum absolute atomic E-state index is 13.3. The molecule has 0 bridgehead atoms. The van der Waals surface area contributed by atoms with Crippen LogP contribution in [0, 0.1) is 9.39 Å². The van der Waals surface area contributed by atoms with Crippen molar-refractivity contribution >= 4 is 44.3 Å². The Morgan fingerprint density at radius 2 is 1.95 bits per heavy atom. The smallest absolute Gasteiger partial charge is 0.197 e. The lowest BCUT2D eigenvalue weighted by molar-refractivity contribution is 0.103. The zero-order valence-corrected chi connectivity index (χ0v) is 13.7. The van der Waals surface area contributed by atoms with Gasteiger partial charge in [-0.2, -0.15) is 0 Å². The van der Waals surface area contributed by atoms with Crippen molar-refractivity contribution in [1.82, 2.24) is 0 Å².